The Morgan fingerprint density at radius 3 is 2.33 bits per heavy atom. The fraction of sp³-hybridized carbons (Fsp3) is 0.343. The van der Waals surface area contributed by atoms with Crippen LogP contribution in [0.15, 0.2) is 85.1 Å². The maximum Gasteiger partial charge on any atom is 0.124 e. The van der Waals surface area contributed by atoms with E-state index >= 15 is 0 Å². The number of hydrogen-bond donors (Lipinski definition) is 3. The van der Waals surface area contributed by atoms with Crippen molar-refractivity contribution in [3.05, 3.63) is 108 Å². The van der Waals surface area contributed by atoms with Crippen LogP contribution in [0.4, 0.5) is 0 Å². The number of hydrogen-bond acceptors (Lipinski definition) is 3. The zero-order valence-electron chi connectivity index (χ0n) is 23.7. The minimum Gasteiger partial charge on any atom is -0.489 e. The lowest BCUT2D eigenvalue weighted by atomic mass is 9.77. The molecule has 0 fully saturated rings. The maximum atomic E-state index is 6.26. The molecule has 206 valence electrons. The molecular weight excluding hydrogens is 492 g/mol. The van der Waals surface area contributed by atoms with Crippen molar-refractivity contribution in [1.29, 1.82) is 0 Å². The molecule has 0 aliphatic carbocycles. The van der Waals surface area contributed by atoms with Gasteiger partial charge in [-0.3, -0.25) is 5.32 Å². The summed E-state index contributed by atoms with van der Waals surface area (Å²) in [4.78, 5) is 12.4. The molecule has 6 rings (SSSR count). The molecule has 1 aliphatic heterocycles. The number of nitrogens with one attached hydrogen (secondary N) is 3. The fourth-order valence-electron chi connectivity index (χ4n) is 6.26. The van der Waals surface area contributed by atoms with Gasteiger partial charge < -0.3 is 14.7 Å². The van der Waals surface area contributed by atoms with E-state index in [9.17, 15) is 0 Å². The van der Waals surface area contributed by atoms with E-state index in [2.05, 4.69) is 102 Å². The number of ether oxygens (including phenoxy) is 1. The van der Waals surface area contributed by atoms with E-state index in [0.29, 0.717) is 6.61 Å². The standard InChI is InChI=1S/C35H40N4O/c1-3-5-19-35(20-6-4-2)33-29(22-31(39-35)34-36-23-32(38-34)26-15-11-8-12-16-26)28-21-27(17-18-30(28)37-33)40-24-25-13-9-7-10-14-25/h7-18,21,23,31,37,39H,3-6,19-20,22,24H2,1-2H3,(H,36,38)/t31-/m0/s1. The number of fused-ring (bicyclic) bond motifs is 3. The first kappa shape index (κ1) is 26.4. The largest absolute Gasteiger partial charge is 0.489 e. The van der Waals surface area contributed by atoms with Gasteiger partial charge in [-0.1, -0.05) is 100 Å². The molecule has 0 saturated heterocycles. The smallest absolute Gasteiger partial charge is 0.124 e. The quantitative estimate of drug-likeness (QED) is 0.160. The topological polar surface area (TPSA) is 65.7 Å². The van der Waals surface area contributed by atoms with Crippen LogP contribution in [0, 0.1) is 0 Å². The molecule has 5 heteroatoms. The van der Waals surface area contributed by atoms with Crippen molar-refractivity contribution in [3.8, 4) is 17.0 Å². The molecule has 3 heterocycles. The second kappa shape index (κ2) is 11.7. The summed E-state index contributed by atoms with van der Waals surface area (Å²) in [5.74, 6) is 1.91. The normalized spacial score (nSPS) is 16.2. The third-order valence-corrected chi connectivity index (χ3v) is 8.39. The molecule has 5 nitrogen and oxygen atoms in total. The summed E-state index contributed by atoms with van der Waals surface area (Å²) in [5.41, 5.74) is 7.22. The number of nitrogens with zero attached hydrogens (tertiary/aromatic N) is 1. The second-order valence-corrected chi connectivity index (χ2v) is 11.2. The zero-order chi connectivity index (χ0) is 27.4. The number of rotatable bonds is 11. The van der Waals surface area contributed by atoms with Gasteiger partial charge in [0.25, 0.3) is 0 Å². The number of aromatic amines is 2. The summed E-state index contributed by atoms with van der Waals surface area (Å²) in [7, 11) is 0. The van der Waals surface area contributed by atoms with Gasteiger partial charge in [0, 0.05) is 16.6 Å². The first-order chi connectivity index (χ1) is 19.7. The van der Waals surface area contributed by atoms with Gasteiger partial charge in [-0.25, -0.2) is 4.98 Å². The van der Waals surface area contributed by atoms with Crippen LogP contribution in [-0.2, 0) is 18.6 Å². The van der Waals surface area contributed by atoms with Crippen LogP contribution in [-0.4, -0.2) is 15.0 Å². The van der Waals surface area contributed by atoms with Crippen LogP contribution in [0.5, 0.6) is 5.75 Å². The van der Waals surface area contributed by atoms with Gasteiger partial charge in [-0.15, -0.1) is 0 Å². The minimum atomic E-state index is -0.117. The molecule has 0 spiro atoms. The molecule has 0 saturated carbocycles. The molecule has 1 aliphatic rings. The lowest BCUT2D eigenvalue weighted by Crippen LogP contribution is -2.49. The third-order valence-electron chi connectivity index (χ3n) is 8.39. The number of imidazole rings is 1. The van der Waals surface area contributed by atoms with Gasteiger partial charge in [0.15, 0.2) is 0 Å². The Bertz CT molecular complexity index is 1530. The van der Waals surface area contributed by atoms with E-state index in [4.69, 9.17) is 9.72 Å². The first-order valence-corrected chi connectivity index (χ1v) is 14.9. The van der Waals surface area contributed by atoms with E-state index in [1.807, 2.05) is 12.3 Å². The van der Waals surface area contributed by atoms with Crippen molar-refractivity contribution in [2.24, 2.45) is 0 Å². The molecule has 0 amide bonds. The Hall–Kier alpha value is -3.83. The number of unbranched alkanes of at least 4 members (excludes halogenated alkanes) is 2. The summed E-state index contributed by atoms with van der Waals surface area (Å²) in [6.07, 6.45) is 9.75. The molecule has 3 N–H and O–H groups in total. The summed E-state index contributed by atoms with van der Waals surface area (Å²) in [6, 6.07) is 27.5. The molecule has 0 unspecified atom stereocenters. The highest BCUT2D eigenvalue weighted by molar-refractivity contribution is 5.87. The van der Waals surface area contributed by atoms with Crippen LogP contribution >= 0.6 is 0 Å². The Morgan fingerprint density at radius 2 is 1.60 bits per heavy atom. The third kappa shape index (κ3) is 5.31. The van der Waals surface area contributed by atoms with Crippen LogP contribution in [0.25, 0.3) is 22.2 Å². The Labute approximate surface area is 237 Å². The second-order valence-electron chi connectivity index (χ2n) is 11.2. The van der Waals surface area contributed by atoms with Crippen molar-refractivity contribution >= 4 is 10.9 Å². The lowest BCUT2D eigenvalue weighted by molar-refractivity contribution is 0.211. The van der Waals surface area contributed by atoms with Crippen molar-refractivity contribution in [1.82, 2.24) is 20.3 Å². The first-order valence-electron chi connectivity index (χ1n) is 14.9. The van der Waals surface area contributed by atoms with Crippen LogP contribution < -0.4 is 10.1 Å². The number of benzene rings is 3. The Kier molecular flexibility index (Phi) is 7.74. The molecule has 2 aromatic heterocycles. The minimum absolute atomic E-state index is 0.103. The highest BCUT2D eigenvalue weighted by Crippen LogP contribution is 2.45. The molecule has 3 aromatic carbocycles. The summed E-state index contributed by atoms with van der Waals surface area (Å²) >= 11 is 0. The van der Waals surface area contributed by atoms with Gasteiger partial charge in [0.2, 0.25) is 0 Å². The lowest BCUT2D eigenvalue weighted by Gasteiger charge is -2.42. The number of H-pyrrole nitrogens is 2. The van der Waals surface area contributed by atoms with Crippen LogP contribution in [0.1, 0.15) is 81.1 Å². The molecule has 5 aromatic rings. The fourth-order valence-corrected chi connectivity index (χ4v) is 6.26. The van der Waals surface area contributed by atoms with Gasteiger partial charge in [-0.2, -0.15) is 0 Å². The molecule has 0 radical (unpaired) electrons. The summed E-state index contributed by atoms with van der Waals surface area (Å²) in [5, 5.41) is 5.40. The molecule has 0 bridgehead atoms. The molecule has 40 heavy (non-hydrogen) atoms. The summed E-state index contributed by atoms with van der Waals surface area (Å²) in [6.45, 7) is 5.14. The van der Waals surface area contributed by atoms with Crippen molar-refractivity contribution < 1.29 is 4.74 Å². The van der Waals surface area contributed by atoms with E-state index in [0.717, 1.165) is 42.1 Å². The Morgan fingerprint density at radius 1 is 0.875 bits per heavy atom. The van der Waals surface area contributed by atoms with Gasteiger partial charge in [0.1, 0.15) is 18.2 Å². The van der Waals surface area contributed by atoms with E-state index in [1.54, 1.807) is 0 Å². The van der Waals surface area contributed by atoms with Crippen molar-refractivity contribution in [3.63, 3.8) is 0 Å². The van der Waals surface area contributed by atoms with E-state index in [-0.39, 0.29) is 11.6 Å². The van der Waals surface area contributed by atoms with Gasteiger partial charge >= 0.3 is 0 Å². The average molecular weight is 533 g/mol. The van der Waals surface area contributed by atoms with Crippen LogP contribution in [0.2, 0.25) is 0 Å². The average Bonchev–Trinajstić information content (AvgIpc) is 3.65. The summed E-state index contributed by atoms with van der Waals surface area (Å²) < 4.78 is 6.26. The highest BCUT2D eigenvalue weighted by atomic mass is 16.5. The van der Waals surface area contributed by atoms with E-state index in [1.165, 1.54) is 53.4 Å². The van der Waals surface area contributed by atoms with E-state index < -0.39 is 0 Å². The van der Waals surface area contributed by atoms with Crippen molar-refractivity contribution in [2.45, 2.75) is 77.0 Å². The van der Waals surface area contributed by atoms with Crippen LogP contribution in [0.3, 0.4) is 0 Å². The van der Waals surface area contributed by atoms with Gasteiger partial charge in [-0.05, 0) is 54.2 Å². The van der Waals surface area contributed by atoms with Gasteiger partial charge in [0.05, 0.1) is 23.5 Å². The zero-order valence-corrected chi connectivity index (χ0v) is 23.7. The molecule has 1 atom stereocenters. The highest BCUT2D eigenvalue weighted by Gasteiger charge is 2.42. The molecular formula is C35H40N4O. The predicted octanol–water partition coefficient (Wildman–Crippen LogP) is 8.60. The monoisotopic (exact) mass is 532 g/mol. The SMILES string of the molecule is CCCCC1(CCCC)N[C@H](c2ncc(-c3ccccc3)[nH]2)Cc2c1[nH]c1ccc(OCc3ccccc3)cc21. The maximum absolute atomic E-state index is 6.26. The number of aromatic nitrogens is 3. The predicted molar refractivity (Wildman–Crippen MR) is 163 cm³/mol. The Balaban J connectivity index is 1.39. The van der Waals surface area contributed by atoms with Crippen molar-refractivity contribution in [2.75, 3.05) is 0 Å².